The highest BCUT2D eigenvalue weighted by Gasteiger charge is 2.15. The molecule has 0 amide bonds. The SMILES string of the molecule is CCCCOC(=O)CCOCC1COCO1. The van der Waals surface area contributed by atoms with Gasteiger partial charge < -0.3 is 18.9 Å². The van der Waals surface area contributed by atoms with Crippen LogP contribution in [0.4, 0.5) is 0 Å². The average Bonchev–Trinajstić information content (AvgIpc) is 2.78. The van der Waals surface area contributed by atoms with Gasteiger partial charge >= 0.3 is 5.97 Å². The van der Waals surface area contributed by atoms with E-state index >= 15 is 0 Å². The molecule has 1 aliphatic heterocycles. The van der Waals surface area contributed by atoms with E-state index in [0.29, 0.717) is 39.6 Å². The third kappa shape index (κ3) is 6.05. The molecule has 5 heteroatoms. The summed E-state index contributed by atoms with van der Waals surface area (Å²) in [6.45, 7) is 4.33. The van der Waals surface area contributed by atoms with E-state index in [0.717, 1.165) is 12.8 Å². The third-order valence-corrected chi connectivity index (χ3v) is 2.21. The highest BCUT2D eigenvalue weighted by molar-refractivity contribution is 5.69. The normalized spacial score (nSPS) is 19.9. The number of rotatable bonds is 8. The Morgan fingerprint density at radius 1 is 1.44 bits per heavy atom. The molecular formula is C11H20O5. The summed E-state index contributed by atoms with van der Waals surface area (Å²) in [6, 6.07) is 0. The van der Waals surface area contributed by atoms with Crippen molar-refractivity contribution < 1.29 is 23.7 Å². The van der Waals surface area contributed by atoms with Crippen LogP contribution in [-0.4, -0.2) is 45.3 Å². The quantitative estimate of drug-likeness (QED) is 0.463. The molecule has 0 aromatic heterocycles. The molecule has 0 bridgehead atoms. The van der Waals surface area contributed by atoms with E-state index in [-0.39, 0.29) is 12.1 Å². The van der Waals surface area contributed by atoms with Crippen LogP contribution in [0.25, 0.3) is 0 Å². The van der Waals surface area contributed by atoms with Crippen molar-refractivity contribution in [3.8, 4) is 0 Å². The van der Waals surface area contributed by atoms with Crippen LogP contribution in [0.1, 0.15) is 26.2 Å². The summed E-state index contributed by atoms with van der Waals surface area (Å²) in [5, 5.41) is 0. The van der Waals surface area contributed by atoms with Crippen LogP contribution >= 0.6 is 0 Å². The van der Waals surface area contributed by atoms with E-state index in [9.17, 15) is 4.79 Å². The van der Waals surface area contributed by atoms with Crippen LogP contribution in [0.2, 0.25) is 0 Å². The van der Waals surface area contributed by atoms with Crippen LogP contribution in [-0.2, 0) is 23.7 Å². The van der Waals surface area contributed by atoms with Crippen LogP contribution < -0.4 is 0 Å². The van der Waals surface area contributed by atoms with E-state index < -0.39 is 0 Å². The van der Waals surface area contributed by atoms with Gasteiger partial charge in [0.25, 0.3) is 0 Å². The van der Waals surface area contributed by atoms with Gasteiger partial charge in [-0.25, -0.2) is 0 Å². The summed E-state index contributed by atoms with van der Waals surface area (Å²) in [6.07, 6.45) is 2.26. The van der Waals surface area contributed by atoms with Crippen molar-refractivity contribution in [2.45, 2.75) is 32.3 Å². The van der Waals surface area contributed by atoms with Gasteiger partial charge in [-0.15, -0.1) is 0 Å². The number of carbonyl (C=O) groups excluding carboxylic acids is 1. The Hall–Kier alpha value is -0.650. The Balaban J connectivity index is 1.87. The monoisotopic (exact) mass is 232 g/mol. The highest BCUT2D eigenvalue weighted by atomic mass is 16.7. The summed E-state index contributed by atoms with van der Waals surface area (Å²) < 4.78 is 20.5. The molecule has 1 heterocycles. The molecule has 0 radical (unpaired) electrons. The van der Waals surface area contributed by atoms with Gasteiger partial charge in [-0.2, -0.15) is 0 Å². The molecule has 0 aromatic carbocycles. The van der Waals surface area contributed by atoms with E-state index in [1.165, 1.54) is 0 Å². The van der Waals surface area contributed by atoms with E-state index in [1.807, 2.05) is 0 Å². The first-order valence-electron chi connectivity index (χ1n) is 5.75. The molecule has 1 unspecified atom stereocenters. The Morgan fingerprint density at radius 2 is 2.31 bits per heavy atom. The maximum atomic E-state index is 11.2. The van der Waals surface area contributed by atoms with Crippen molar-refractivity contribution in [3.05, 3.63) is 0 Å². The lowest BCUT2D eigenvalue weighted by Gasteiger charge is -2.08. The van der Waals surface area contributed by atoms with Gasteiger partial charge in [0.1, 0.15) is 12.9 Å². The molecule has 0 aliphatic carbocycles. The Morgan fingerprint density at radius 3 is 3.00 bits per heavy atom. The van der Waals surface area contributed by atoms with Gasteiger partial charge in [-0.05, 0) is 6.42 Å². The summed E-state index contributed by atoms with van der Waals surface area (Å²) in [4.78, 5) is 11.2. The van der Waals surface area contributed by atoms with Crippen LogP contribution in [0.3, 0.4) is 0 Å². The summed E-state index contributed by atoms with van der Waals surface area (Å²) in [7, 11) is 0. The number of ether oxygens (including phenoxy) is 4. The molecule has 1 rings (SSSR count). The topological polar surface area (TPSA) is 54.0 Å². The average molecular weight is 232 g/mol. The molecule has 1 aliphatic rings. The standard InChI is InChI=1S/C11H20O5/c1-2-3-5-15-11(12)4-6-13-7-10-8-14-9-16-10/h10H,2-9H2,1H3. The molecule has 0 saturated carbocycles. The smallest absolute Gasteiger partial charge is 0.308 e. The zero-order chi connectivity index (χ0) is 11.6. The number of esters is 1. The van der Waals surface area contributed by atoms with Crippen molar-refractivity contribution in [2.75, 3.05) is 33.2 Å². The minimum atomic E-state index is -0.197. The molecule has 1 saturated heterocycles. The first-order chi connectivity index (χ1) is 7.83. The lowest BCUT2D eigenvalue weighted by Crippen LogP contribution is -2.19. The molecule has 0 spiro atoms. The largest absolute Gasteiger partial charge is 0.466 e. The second-order valence-corrected chi connectivity index (χ2v) is 3.68. The molecule has 16 heavy (non-hydrogen) atoms. The van der Waals surface area contributed by atoms with Gasteiger partial charge in [0.2, 0.25) is 0 Å². The Kier molecular flexibility index (Phi) is 7.12. The van der Waals surface area contributed by atoms with E-state index in [2.05, 4.69) is 6.92 Å². The molecule has 1 atom stereocenters. The van der Waals surface area contributed by atoms with Gasteiger partial charge in [-0.1, -0.05) is 13.3 Å². The maximum absolute atomic E-state index is 11.2. The second kappa shape index (κ2) is 8.50. The Bertz CT molecular complexity index is 189. The number of carbonyl (C=O) groups is 1. The molecule has 0 N–H and O–H groups in total. The highest BCUT2D eigenvalue weighted by Crippen LogP contribution is 2.03. The lowest BCUT2D eigenvalue weighted by atomic mass is 10.3. The van der Waals surface area contributed by atoms with E-state index in [4.69, 9.17) is 18.9 Å². The van der Waals surface area contributed by atoms with Crippen molar-refractivity contribution in [1.29, 1.82) is 0 Å². The lowest BCUT2D eigenvalue weighted by molar-refractivity contribution is -0.145. The summed E-state index contributed by atoms with van der Waals surface area (Å²) in [5.74, 6) is -0.197. The van der Waals surface area contributed by atoms with Crippen molar-refractivity contribution in [2.24, 2.45) is 0 Å². The molecular weight excluding hydrogens is 212 g/mol. The summed E-state index contributed by atoms with van der Waals surface area (Å²) >= 11 is 0. The van der Waals surface area contributed by atoms with Crippen LogP contribution in [0.15, 0.2) is 0 Å². The molecule has 94 valence electrons. The zero-order valence-electron chi connectivity index (χ0n) is 9.78. The van der Waals surface area contributed by atoms with Crippen molar-refractivity contribution in [3.63, 3.8) is 0 Å². The molecule has 0 aromatic rings. The first-order valence-corrected chi connectivity index (χ1v) is 5.75. The minimum Gasteiger partial charge on any atom is -0.466 e. The zero-order valence-corrected chi connectivity index (χ0v) is 9.78. The van der Waals surface area contributed by atoms with E-state index in [1.54, 1.807) is 0 Å². The van der Waals surface area contributed by atoms with Crippen LogP contribution in [0, 0.1) is 0 Å². The van der Waals surface area contributed by atoms with Gasteiger partial charge in [0.15, 0.2) is 0 Å². The third-order valence-electron chi connectivity index (χ3n) is 2.21. The molecule has 5 nitrogen and oxygen atoms in total. The van der Waals surface area contributed by atoms with Gasteiger partial charge in [0.05, 0.1) is 32.8 Å². The fraction of sp³-hybridized carbons (Fsp3) is 0.909. The predicted molar refractivity (Wildman–Crippen MR) is 57.0 cm³/mol. The maximum Gasteiger partial charge on any atom is 0.308 e. The number of hydrogen-bond acceptors (Lipinski definition) is 5. The second-order valence-electron chi connectivity index (χ2n) is 3.68. The fourth-order valence-electron chi connectivity index (χ4n) is 1.24. The van der Waals surface area contributed by atoms with Gasteiger partial charge in [-0.3, -0.25) is 4.79 Å². The Labute approximate surface area is 96.0 Å². The number of hydrogen-bond donors (Lipinski definition) is 0. The number of unbranched alkanes of at least 4 members (excludes halogenated alkanes) is 1. The van der Waals surface area contributed by atoms with Crippen molar-refractivity contribution in [1.82, 2.24) is 0 Å². The fourth-order valence-corrected chi connectivity index (χ4v) is 1.24. The van der Waals surface area contributed by atoms with Gasteiger partial charge in [0, 0.05) is 0 Å². The summed E-state index contributed by atoms with van der Waals surface area (Å²) in [5.41, 5.74) is 0. The minimum absolute atomic E-state index is 0.0103. The predicted octanol–water partition coefficient (Wildman–Crippen LogP) is 1.11. The first kappa shape index (κ1) is 13.4. The van der Waals surface area contributed by atoms with Crippen molar-refractivity contribution >= 4 is 5.97 Å². The molecule has 1 fully saturated rings. The van der Waals surface area contributed by atoms with Crippen LogP contribution in [0.5, 0.6) is 0 Å².